The van der Waals surface area contributed by atoms with Crippen LogP contribution in [0.25, 0.3) is 5.57 Å². The zero-order valence-electron chi connectivity index (χ0n) is 16.7. The van der Waals surface area contributed by atoms with Gasteiger partial charge in [-0.05, 0) is 49.8 Å². The highest BCUT2D eigenvalue weighted by molar-refractivity contribution is 5.77. The van der Waals surface area contributed by atoms with Crippen LogP contribution < -0.4 is 5.69 Å². The highest BCUT2D eigenvalue weighted by Gasteiger charge is 2.38. The van der Waals surface area contributed by atoms with E-state index in [-0.39, 0.29) is 17.9 Å². The first kappa shape index (κ1) is 19.2. The van der Waals surface area contributed by atoms with Gasteiger partial charge in [-0.1, -0.05) is 11.6 Å². The van der Waals surface area contributed by atoms with Crippen molar-refractivity contribution in [2.75, 3.05) is 26.4 Å². The summed E-state index contributed by atoms with van der Waals surface area (Å²) in [6, 6.07) is 1.91. The monoisotopic (exact) mass is 400 g/mol. The van der Waals surface area contributed by atoms with Crippen molar-refractivity contribution < 1.29 is 18.9 Å². The highest BCUT2D eigenvalue weighted by atomic mass is 16.7. The first-order valence-corrected chi connectivity index (χ1v) is 10.7. The van der Waals surface area contributed by atoms with Gasteiger partial charge in [0.15, 0.2) is 5.79 Å². The number of aromatic nitrogens is 2. The lowest BCUT2D eigenvalue weighted by Crippen LogP contribution is -2.41. The largest absolute Gasteiger partial charge is 0.376 e. The standard InChI is InChI=1S/C22H28N2O5/c25-21-23-9-6-20-19-5-8-22(13-16(19)7-10-24(20)21,28-14-17-3-1-11-26-17)29-15-18-4-2-12-27-18/h5-6,8-9,17-18H,1-4,7,10-15H2. The lowest BCUT2D eigenvalue weighted by atomic mass is 9.87. The molecule has 5 rings (SSSR count). The van der Waals surface area contributed by atoms with E-state index >= 15 is 0 Å². The second-order valence-electron chi connectivity index (χ2n) is 8.25. The molecule has 7 nitrogen and oxygen atoms in total. The van der Waals surface area contributed by atoms with Crippen molar-refractivity contribution in [2.45, 2.75) is 63.1 Å². The van der Waals surface area contributed by atoms with Gasteiger partial charge in [-0.2, -0.15) is 0 Å². The molecule has 1 aromatic rings. The van der Waals surface area contributed by atoms with Gasteiger partial charge in [0.05, 0.1) is 31.1 Å². The zero-order valence-corrected chi connectivity index (χ0v) is 16.7. The number of fused-ring (bicyclic) bond motifs is 2. The van der Waals surface area contributed by atoms with Crippen LogP contribution in [-0.2, 0) is 25.5 Å². The fourth-order valence-corrected chi connectivity index (χ4v) is 4.66. The molecule has 0 radical (unpaired) electrons. The minimum Gasteiger partial charge on any atom is -0.376 e. The molecule has 2 unspecified atom stereocenters. The summed E-state index contributed by atoms with van der Waals surface area (Å²) in [6.07, 6.45) is 11.6. The van der Waals surface area contributed by atoms with Gasteiger partial charge in [0.25, 0.3) is 0 Å². The summed E-state index contributed by atoms with van der Waals surface area (Å²) in [4.78, 5) is 16.0. The zero-order chi connectivity index (χ0) is 19.7. The van der Waals surface area contributed by atoms with Crippen LogP contribution in [0.2, 0.25) is 0 Å². The van der Waals surface area contributed by atoms with Crippen LogP contribution in [0.5, 0.6) is 0 Å². The fraction of sp³-hybridized carbons (Fsp3) is 0.636. The first-order valence-electron chi connectivity index (χ1n) is 10.7. The van der Waals surface area contributed by atoms with Crippen LogP contribution in [0, 0.1) is 0 Å². The Balaban J connectivity index is 1.37. The SMILES string of the molecule is O=c1nccc2n1CCC1=C2C=CC(OCC2CCCO2)(OCC2CCCO2)C1. The molecule has 0 spiro atoms. The Labute approximate surface area is 170 Å². The van der Waals surface area contributed by atoms with Crippen molar-refractivity contribution in [1.29, 1.82) is 0 Å². The van der Waals surface area contributed by atoms with Gasteiger partial charge in [-0.3, -0.25) is 4.57 Å². The molecule has 4 heterocycles. The van der Waals surface area contributed by atoms with Crippen LogP contribution in [0.3, 0.4) is 0 Å². The van der Waals surface area contributed by atoms with E-state index in [1.165, 1.54) is 5.57 Å². The minimum atomic E-state index is -0.799. The first-order chi connectivity index (χ1) is 14.2. The normalized spacial score (nSPS) is 31.2. The molecule has 0 N–H and O–H groups in total. The van der Waals surface area contributed by atoms with E-state index in [1.54, 1.807) is 10.8 Å². The Morgan fingerprint density at radius 3 is 2.52 bits per heavy atom. The average molecular weight is 400 g/mol. The molecule has 3 aliphatic heterocycles. The summed E-state index contributed by atoms with van der Waals surface area (Å²) in [5.74, 6) is -0.799. The molecule has 0 aromatic carbocycles. The summed E-state index contributed by atoms with van der Waals surface area (Å²) in [7, 11) is 0. The van der Waals surface area contributed by atoms with Crippen LogP contribution in [0.15, 0.2) is 34.8 Å². The third-order valence-corrected chi connectivity index (χ3v) is 6.27. The molecule has 4 aliphatic rings. The Morgan fingerprint density at radius 1 is 1.14 bits per heavy atom. The van der Waals surface area contributed by atoms with Crippen LogP contribution >= 0.6 is 0 Å². The highest BCUT2D eigenvalue weighted by Crippen LogP contribution is 2.39. The predicted octanol–water partition coefficient (Wildman–Crippen LogP) is 2.45. The lowest BCUT2D eigenvalue weighted by molar-refractivity contribution is -0.225. The quantitative estimate of drug-likeness (QED) is 0.683. The maximum absolute atomic E-state index is 12.1. The molecule has 1 aliphatic carbocycles. The molecule has 0 bridgehead atoms. The van der Waals surface area contributed by atoms with Gasteiger partial charge in [0, 0.05) is 32.4 Å². The van der Waals surface area contributed by atoms with Gasteiger partial charge >= 0.3 is 5.69 Å². The van der Waals surface area contributed by atoms with Crippen molar-refractivity contribution in [2.24, 2.45) is 0 Å². The van der Waals surface area contributed by atoms with Crippen LogP contribution in [0.1, 0.15) is 44.2 Å². The molecule has 2 saturated heterocycles. The molecular weight excluding hydrogens is 372 g/mol. The second kappa shape index (κ2) is 8.14. The van der Waals surface area contributed by atoms with Crippen LogP contribution in [0.4, 0.5) is 0 Å². The van der Waals surface area contributed by atoms with Crippen molar-refractivity contribution in [1.82, 2.24) is 9.55 Å². The number of allylic oxidation sites excluding steroid dienone is 2. The van der Waals surface area contributed by atoms with Crippen molar-refractivity contribution >= 4 is 5.57 Å². The van der Waals surface area contributed by atoms with Crippen molar-refractivity contribution in [3.8, 4) is 0 Å². The summed E-state index contributed by atoms with van der Waals surface area (Å²) in [5, 5.41) is 0. The lowest BCUT2D eigenvalue weighted by Gasteiger charge is -2.38. The maximum Gasteiger partial charge on any atom is 0.347 e. The fourth-order valence-electron chi connectivity index (χ4n) is 4.66. The average Bonchev–Trinajstić information content (AvgIpc) is 3.45. The minimum absolute atomic E-state index is 0.138. The van der Waals surface area contributed by atoms with E-state index in [4.69, 9.17) is 18.9 Å². The molecular formula is C22H28N2O5. The number of hydrogen-bond donors (Lipinski definition) is 0. The number of ether oxygens (including phenoxy) is 4. The molecule has 0 amide bonds. The Kier molecular flexibility index (Phi) is 5.39. The third-order valence-electron chi connectivity index (χ3n) is 6.27. The van der Waals surface area contributed by atoms with E-state index in [2.05, 4.69) is 4.98 Å². The van der Waals surface area contributed by atoms with Gasteiger partial charge < -0.3 is 18.9 Å². The number of nitrogens with zero attached hydrogens (tertiary/aromatic N) is 2. The number of rotatable bonds is 6. The second-order valence-corrected chi connectivity index (χ2v) is 8.25. The summed E-state index contributed by atoms with van der Waals surface area (Å²) >= 11 is 0. The van der Waals surface area contributed by atoms with Crippen molar-refractivity contribution in [3.05, 3.63) is 46.2 Å². The smallest absolute Gasteiger partial charge is 0.347 e. The molecule has 0 saturated carbocycles. The summed E-state index contributed by atoms with van der Waals surface area (Å²) in [6.45, 7) is 3.31. The summed E-state index contributed by atoms with van der Waals surface area (Å²) in [5.41, 5.74) is 3.09. The van der Waals surface area contributed by atoms with Crippen LogP contribution in [-0.4, -0.2) is 54.0 Å². The molecule has 29 heavy (non-hydrogen) atoms. The Bertz CT molecular complexity index is 842. The maximum atomic E-state index is 12.1. The van der Waals surface area contributed by atoms with Crippen molar-refractivity contribution in [3.63, 3.8) is 0 Å². The molecule has 156 valence electrons. The van der Waals surface area contributed by atoms with E-state index in [0.717, 1.165) is 56.6 Å². The number of hydrogen-bond acceptors (Lipinski definition) is 6. The Hall–Kier alpha value is -1.80. The molecule has 2 atom stereocenters. The van der Waals surface area contributed by atoms with Gasteiger partial charge in [0.2, 0.25) is 0 Å². The van der Waals surface area contributed by atoms with Gasteiger partial charge in [0.1, 0.15) is 0 Å². The topological polar surface area (TPSA) is 71.8 Å². The summed E-state index contributed by atoms with van der Waals surface area (Å²) < 4.78 is 26.0. The predicted molar refractivity (Wildman–Crippen MR) is 106 cm³/mol. The Morgan fingerprint density at radius 2 is 1.86 bits per heavy atom. The third kappa shape index (κ3) is 3.97. The molecule has 1 aromatic heterocycles. The van der Waals surface area contributed by atoms with E-state index in [9.17, 15) is 4.79 Å². The van der Waals surface area contributed by atoms with E-state index < -0.39 is 5.79 Å². The molecule has 7 heteroatoms. The van der Waals surface area contributed by atoms with Gasteiger partial charge in [-0.15, -0.1) is 0 Å². The molecule has 2 fully saturated rings. The van der Waals surface area contributed by atoms with Gasteiger partial charge in [-0.25, -0.2) is 9.78 Å². The van der Waals surface area contributed by atoms with E-state index in [1.807, 2.05) is 18.2 Å². The van der Waals surface area contributed by atoms with E-state index in [0.29, 0.717) is 26.2 Å².